The molecule has 126 valence electrons. The maximum absolute atomic E-state index is 12.4. The van der Waals surface area contributed by atoms with Gasteiger partial charge in [0.2, 0.25) is 0 Å². The van der Waals surface area contributed by atoms with Crippen LogP contribution in [0.4, 0.5) is 17.3 Å². The van der Waals surface area contributed by atoms with Crippen molar-refractivity contribution in [2.24, 2.45) is 0 Å². The van der Waals surface area contributed by atoms with Gasteiger partial charge in [-0.1, -0.05) is 48.5 Å². The smallest absolute Gasteiger partial charge is 0.263 e. The second kappa shape index (κ2) is 6.88. The Balaban J connectivity index is 1.83. The molecule has 0 saturated carbocycles. The molecule has 0 aliphatic rings. The van der Waals surface area contributed by atoms with E-state index >= 15 is 0 Å². The quantitative estimate of drug-likeness (QED) is 0.676. The minimum absolute atomic E-state index is 0.00901. The highest BCUT2D eigenvalue weighted by molar-refractivity contribution is 6.11. The molecule has 7 heteroatoms. The van der Waals surface area contributed by atoms with E-state index in [1.807, 2.05) is 36.4 Å². The van der Waals surface area contributed by atoms with Gasteiger partial charge < -0.3 is 16.8 Å². The van der Waals surface area contributed by atoms with Crippen LogP contribution < -0.4 is 16.8 Å². The highest BCUT2D eigenvalue weighted by Crippen LogP contribution is 2.21. The average Bonchev–Trinajstić information content (AvgIpc) is 2.91. The number of rotatable bonds is 4. The van der Waals surface area contributed by atoms with Crippen LogP contribution in [0.5, 0.6) is 0 Å². The zero-order chi connectivity index (χ0) is 17.8. The van der Waals surface area contributed by atoms with Crippen LogP contribution in [-0.4, -0.2) is 21.6 Å². The Bertz CT molecular complexity index is 904. The van der Waals surface area contributed by atoms with Crippen LogP contribution in [0, 0.1) is 0 Å². The molecule has 5 N–H and O–H groups in total. The Kier molecular flexibility index (Phi) is 4.47. The van der Waals surface area contributed by atoms with Crippen molar-refractivity contribution >= 4 is 29.1 Å². The summed E-state index contributed by atoms with van der Waals surface area (Å²) in [6.07, 6.45) is 0.103. The number of aromatic nitrogens is 2. The van der Waals surface area contributed by atoms with E-state index in [4.69, 9.17) is 11.5 Å². The standard InChI is InChI=1S/C18H17N5O2/c19-16-15(18(25)21-13-9-5-2-6-10-13)17(20)23(22-16)14(24)11-12-7-3-1-4-8-12/h1-10H,11,20H2,(H2,19,22)(H,21,25). The zero-order valence-corrected chi connectivity index (χ0v) is 13.3. The van der Waals surface area contributed by atoms with Crippen molar-refractivity contribution in [1.82, 2.24) is 9.78 Å². The van der Waals surface area contributed by atoms with Crippen LogP contribution in [0.2, 0.25) is 0 Å². The van der Waals surface area contributed by atoms with Crippen molar-refractivity contribution in [2.45, 2.75) is 6.42 Å². The van der Waals surface area contributed by atoms with Gasteiger partial charge >= 0.3 is 0 Å². The fraction of sp³-hybridized carbons (Fsp3) is 0.0556. The molecule has 0 fully saturated rings. The van der Waals surface area contributed by atoms with Gasteiger partial charge in [-0.05, 0) is 17.7 Å². The summed E-state index contributed by atoms with van der Waals surface area (Å²) in [5.74, 6) is -1.05. The summed E-state index contributed by atoms with van der Waals surface area (Å²) >= 11 is 0. The number of carbonyl (C=O) groups is 2. The van der Waals surface area contributed by atoms with Gasteiger partial charge in [0.1, 0.15) is 11.4 Å². The molecule has 0 aliphatic carbocycles. The van der Waals surface area contributed by atoms with E-state index in [2.05, 4.69) is 10.4 Å². The first-order valence-electron chi connectivity index (χ1n) is 7.63. The Morgan fingerprint density at radius 3 is 2.20 bits per heavy atom. The lowest BCUT2D eigenvalue weighted by molar-refractivity contribution is 0.0902. The van der Waals surface area contributed by atoms with E-state index in [9.17, 15) is 9.59 Å². The average molecular weight is 335 g/mol. The van der Waals surface area contributed by atoms with Crippen LogP contribution in [0.1, 0.15) is 20.7 Å². The minimum atomic E-state index is -0.514. The summed E-state index contributed by atoms with van der Waals surface area (Å²) in [5.41, 5.74) is 13.2. The van der Waals surface area contributed by atoms with Crippen molar-refractivity contribution < 1.29 is 9.59 Å². The van der Waals surface area contributed by atoms with Crippen molar-refractivity contribution in [2.75, 3.05) is 16.8 Å². The first kappa shape index (κ1) is 16.3. The SMILES string of the molecule is Nc1nn(C(=O)Cc2ccccc2)c(N)c1C(=O)Nc1ccccc1. The van der Waals surface area contributed by atoms with Crippen LogP contribution in [0.15, 0.2) is 60.7 Å². The predicted molar refractivity (Wildman–Crippen MR) is 96.2 cm³/mol. The molecule has 1 heterocycles. The van der Waals surface area contributed by atoms with Gasteiger partial charge in [0.25, 0.3) is 11.8 Å². The molecule has 0 saturated heterocycles. The Morgan fingerprint density at radius 2 is 1.56 bits per heavy atom. The largest absolute Gasteiger partial charge is 0.383 e. The Hall–Kier alpha value is -3.61. The molecular formula is C18H17N5O2. The van der Waals surface area contributed by atoms with Crippen LogP contribution in [-0.2, 0) is 6.42 Å². The maximum Gasteiger partial charge on any atom is 0.263 e. The molecule has 0 atom stereocenters. The van der Waals surface area contributed by atoms with E-state index in [0.29, 0.717) is 5.69 Å². The fourth-order valence-corrected chi connectivity index (χ4v) is 2.43. The molecule has 2 aromatic carbocycles. The molecule has 0 radical (unpaired) electrons. The molecule has 3 aromatic rings. The number of amides is 1. The van der Waals surface area contributed by atoms with Crippen LogP contribution >= 0.6 is 0 Å². The molecule has 0 aliphatic heterocycles. The number of hydrogen-bond acceptors (Lipinski definition) is 5. The van der Waals surface area contributed by atoms with Crippen molar-refractivity contribution in [3.8, 4) is 0 Å². The fourth-order valence-electron chi connectivity index (χ4n) is 2.43. The van der Waals surface area contributed by atoms with Crippen molar-refractivity contribution in [1.29, 1.82) is 0 Å². The highest BCUT2D eigenvalue weighted by atomic mass is 16.2. The summed E-state index contributed by atoms with van der Waals surface area (Å²) in [7, 11) is 0. The van der Waals surface area contributed by atoms with E-state index < -0.39 is 5.91 Å². The van der Waals surface area contributed by atoms with E-state index in [-0.39, 0.29) is 29.5 Å². The monoisotopic (exact) mass is 335 g/mol. The normalized spacial score (nSPS) is 10.4. The van der Waals surface area contributed by atoms with Crippen molar-refractivity contribution in [3.63, 3.8) is 0 Å². The van der Waals surface area contributed by atoms with Gasteiger partial charge in [0.05, 0.1) is 6.42 Å². The highest BCUT2D eigenvalue weighted by Gasteiger charge is 2.23. The first-order chi connectivity index (χ1) is 12.1. The number of carbonyl (C=O) groups excluding carboxylic acids is 2. The number of hydrogen-bond donors (Lipinski definition) is 3. The Labute approximate surface area is 144 Å². The lowest BCUT2D eigenvalue weighted by atomic mass is 10.1. The summed E-state index contributed by atoms with van der Waals surface area (Å²) in [4.78, 5) is 24.8. The number of nitrogens with zero attached hydrogens (tertiary/aromatic N) is 2. The molecular weight excluding hydrogens is 318 g/mol. The number of nitrogen functional groups attached to an aromatic ring is 2. The van der Waals surface area contributed by atoms with Gasteiger partial charge in [-0.15, -0.1) is 5.10 Å². The lowest BCUT2D eigenvalue weighted by Crippen LogP contribution is -2.19. The van der Waals surface area contributed by atoms with Gasteiger partial charge in [-0.2, -0.15) is 4.68 Å². The third-order valence-electron chi connectivity index (χ3n) is 3.64. The summed E-state index contributed by atoms with van der Waals surface area (Å²) in [6.45, 7) is 0. The molecule has 3 rings (SSSR count). The summed E-state index contributed by atoms with van der Waals surface area (Å²) in [5, 5.41) is 6.61. The molecule has 0 unspecified atom stereocenters. The lowest BCUT2D eigenvalue weighted by Gasteiger charge is -2.06. The maximum atomic E-state index is 12.4. The van der Waals surface area contributed by atoms with Crippen LogP contribution in [0.3, 0.4) is 0 Å². The number of para-hydroxylation sites is 1. The minimum Gasteiger partial charge on any atom is -0.383 e. The summed E-state index contributed by atoms with van der Waals surface area (Å²) in [6, 6.07) is 18.0. The summed E-state index contributed by atoms with van der Waals surface area (Å²) < 4.78 is 0.974. The molecule has 1 aromatic heterocycles. The molecule has 7 nitrogen and oxygen atoms in total. The van der Waals surface area contributed by atoms with Crippen molar-refractivity contribution in [3.05, 3.63) is 71.8 Å². The van der Waals surface area contributed by atoms with Gasteiger partial charge in [0, 0.05) is 5.69 Å². The predicted octanol–water partition coefficient (Wildman–Crippen LogP) is 2.18. The van der Waals surface area contributed by atoms with E-state index in [0.717, 1.165) is 10.2 Å². The second-order valence-corrected chi connectivity index (χ2v) is 5.43. The van der Waals surface area contributed by atoms with Gasteiger partial charge in [0.15, 0.2) is 5.82 Å². The Morgan fingerprint density at radius 1 is 0.960 bits per heavy atom. The molecule has 0 bridgehead atoms. The zero-order valence-electron chi connectivity index (χ0n) is 13.3. The van der Waals surface area contributed by atoms with Gasteiger partial charge in [-0.25, -0.2) is 0 Å². The molecule has 1 amide bonds. The first-order valence-corrected chi connectivity index (χ1v) is 7.63. The van der Waals surface area contributed by atoms with E-state index in [1.165, 1.54) is 0 Å². The number of benzene rings is 2. The topological polar surface area (TPSA) is 116 Å². The van der Waals surface area contributed by atoms with Crippen LogP contribution in [0.25, 0.3) is 0 Å². The second-order valence-electron chi connectivity index (χ2n) is 5.43. The van der Waals surface area contributed by atoms with Gasteiger partial charge in [-0.3, -0.25) is 9.59 Å². The molecule has 25 heavy (non-hydrogen) atoms. The number of nitrogens with one attached hydrogen (secondary N) is 1. The molecule has 0 spiro atoms. The number of nitrogens with two attached hydrogens (primary N) is 2. The number of anilines is 3. The third-order valence-corrected chi connectivity index (χ3v) is 3.64. The third kappa shape index (κ3) is 3.50. The van der Waals surface area contributed by atoms with E-state index in [1.54, 1.807) is 24.3 Å².